The average Bonchev–Trinajstić information content (AvgIpc) is 3.01. The van der Waals surface area contributed by atoms with Crippen LogP contribution in [-0.4, -0.2) is 43.5 Å². The highest BCUT2D eigenvalue weighted by Gasteiger charge is 2.37. The van der Waals surface area contributed by atoms with Crippen molar-refractivity contribution in [2.24, 2.45) is 0 Å². The van der Waals surface area contributed by atoms with E-state index in [9.17, 15) is 5.11 Å². The average molecular weight is 263 g/mol. The van der Waals surface area contributed by atoms with E-state index in [4.69, 9.17) is 4.42 Å². The summed E-state index contributed by atoms with van der Waals surface area (Å²) in [6.45, 7) is 3.91. The minimum absolute atomic E-state index is 0.515. The molecule has 0 bridgehead atoms. The SMILES string of the molecule is Cc1cnc(CN2CCCC(O)(c3cn[nH]n3)C2)o1. The van der Waals surface area contributed by atoms with Crippen molar-refractivity contribution in [1.82, 2.24) is 25.3 Å². The summed E-state index contributed by atoms with van der Waals surface area (Å²) in [7, 11) is 0. The first kappa shape index (κ1) is 12.3. The highest BCUT2D eigenvalue weighted by atomic mass is 16.4. The second kappa shape index (κ2) is 4.75. The number of aliphatic hydroxyl groups is 1. The van der Waals surface area contributed by atoms with Gasteiger partial charge in [0.1, 0.15) is 17.1 Å². The van der Waals surface area contributed by atoms with Crippen LogP contribution in [0.1, 0.15) is 30.2 Å². The van der Waals surface area contributed by atoms with Gasteiger partial charge >= 0.3 is 0 Å². The maximum absolute atomic E-state index is 10.7. The molecule has 0 saturated carbocycles. The zero-order chi connectivity index (χ0) is 13.3. The molecular formula is C12H17N5O2. The molecule has 102 valence electrons. The molecule has 0 amide bonds. The molecule has 3 rings (SSSR count). The summed E-state index contributed by atoms with van der Waals surface area (Å²) < 4.78 is 5.48. The molecule has 2 aromatic heterocycles. The summed E-state index contributed by atoms with van der Waals surface area (Å²) in [5.74, 6) is 1.49. The number of aromatic amines is 1. The van der Waals surface area contributed by atoms with Crippen LogP contribution in [0, 0.1) is 6.92 Å². The van der Waals surface area contributed by atoms with Crippen molar-refractivity contribution in [1.29, 1.82) is 0 Å². The molecule has 0 radical (unpaired) electrons. The van der Waals surface area contributed by atoms with Crippen molar-refractivity contribution in [2.45, 2.75) is 31.9 Å². The molecule has 0 aromatic carbocycles. The fourth-order valence-corrected chi connectivity index (χ4v) is 2.56. The van der Waals surface area contributed by atoms with Gasteiger partial charge in [-0.05, 0) is 26.3 Å². The first-order chi connectivity index (χ1) is 9.16. The molecule has 3 heterocycles. The Morgan fingerprint density at radius 3 is 3.11 bits per heavy atom. The van der Waals surface area contributed by atoms with Gasteiger partial charge in [-0.3, -0.25) is 4.90 Å². The summed E-state index contributed by atoms with van der Waals surface area (Å²) in [5, 5.41) is 21.0. The molecule has 1 atom stereocenters. The largest absolute Gasteiger partial charge is 0.445 e. The van der Waals surface area contributed by atoms with Gasteiger partial charge in [-0.25, -0.2) is 4.98 Å². The number of likely N-dealkylation sites (tertiary alicyclic amines) is 1. The molecule has 19 heavy (non-hydrogen) atoms. The van der Waals surface area contributed by atoms with Gasteiger partial charge in [-0.1, -0.05) is 0 Å². The third kappa shape index (κ3) is 2.52. The molecule has 7 nitrogen and oxygen atoms in total. The number of rotatable bonds is 3. The van der Waals surface area contributed by atoms with Crippen molar-refractivity contribution in [2.75, 3.05) is 13.1 Å². The predicted octanol–water partition coefficient (Wildman–Crippen LogP) is 0.585. The summed E-state index contributed by atoms with van der Waals surface area (Å²) >= 11 is 0. The molecule has 0 aliphatic carbocycles. The highest BCUT2D eigenvalue weighted by Crippen LogP contribution is 2.30. The van der Waals surface area contributed by atoms with Crippen LogP contribution in [0.15, 0.2) is 16.8 Å². The lowest BCUT2D eigenvalue weighted by Gasteiger charge is -2.37. The number of nitrogens with zero attached hydrogens (tertiary/aromatic N) is 4. The van der Waals surface area contributed by atoms with Crippen LogP contribution in [0.3, 0.4) is 0 Å². The quantitative estimate of drug-likeness (QED) is 0.842. The van der Waals surface area contributed by atoms with Crippen molar-refractivity contribution in [3.05, 3.63) is 29.7 Å². The molecule has 2 N–H and O–H groups in total. The van der Waals surface area contributed by atoms with Gasteiger partial charge in [0.15, 0.2) is 0 Å². The first-order valence-electron chi connectivity index (χ1n) is 6.38. The Labute approximate surface area is 110 Å². The van der Waals surface area contributed by atoms with E-state index in [1.807, 2.05) is 6.92 Å². The normalized spacial score (nSPS) is 24.7. The smallest absolute Gasteiger partial charge is 0.208 e. The molecule has 7 heteroatoms. The Bertz CT molecular complexity index is 538. The lowest BCUT2D eigenvalue weighted by Crippen LogP contribution is -2.45. The molecule has 2 aromatic rings. The number of aromatic nitrogens is 4. The van der Waals surface area contributed by atoms with Crippen LogP contribution in [0.2, 0.25) is 0 Å². The molecule has 0 spiro atoms. The fraction of sp³-hybridized carbons (Fsp3) is 0.583. The van der Waals surface area contributed by atoms with Gasteiger partial charge in [0, 0.05) is 6.54 Å². The monoisotopic (exact) mass is 263 g/mol. The number of piperidine rings is 1. The van der Waals surface area contributed by atoms with Gasteiger partial charge < -0.3 is 9.52 Å². The van der Waals surface area contributed by atoms with Crippen LogP contribution >= 0.6 is 0 Å². The maximum Gasteiger partial charge on any atom is 0.208 e. The number of nitrogens with one attached hydrogen (secondary N) is 1. The summed E-state index contributed by atoms with van der Waals surface area (Å²) in [5.41, 5.74) is -0.340. The molecule has 1 aliphatic heterocycles. The predicted molar refractivity (Wildman–Crippen MR) is 66.0 cm³/mol. The Hall–Kier alpha value is -1.73. The van der Waals surface area contributed by atoms with E-state index in [1.165, 1.54) is 0 Å². The molecular weight excluding hydrogens is 246 g/mol. The Kier molecular flexibility index (Phi) is 3.08. The molecule has 1 saturated heterocycles. The van der Waals surface area contributed by atoms with Gasteiger partial charge in [0.25, 0.3) is 0 Å². The zero-order valence-corrected chi connectivity index (χ0v) is 10.8. The number of hydrogen-bond acceptors (Lipinski definition) is 6. The van der Waals surface area contributed by atoms with E-state index >= 15 is 0 Å². The van der Waals surface area contributed by atoms with E-state index in [2.05, 4.69) is 25.3 Å². The van der Waals surface area contributed by atoms with Gasteiger partial charge in [-0.15, -0.1) is 0 Å². The lowest BCUT2D eigenvalue weighted by atomic mass is 9.90. The Morgan fingerprint density at radius 2 is 2.42 bits per heavy atom. The number of H-pyrrole nitrogens is 1. The lowest BCUT2D eigenvalue weighted by molar-refractivity contribution is -0.0433. The number of hydrogen-bond donors (Lipinski definition) is 2. The second-order valence-corrected chi connectivity index (χ2v) is 5.07. The minimum atomic E-state index is -0.938. The van der Waals surface area contributed by atoms with E-state index in [-0.39, 0.29) is 0 Å². The standard InChI is InChI=1S/C12H17N5O2/c1-9-5-13-11(19-9)7-17-4-2-3-12(18,8-17)10-6-14-16-15-10/h5-6,18H,2-4,7-8H2,1H3,(H,14,15,16). The van der Waals surface area contributed by atoms with Crippen LogP contribution in [0.5, 0.6) is 0 Å². The zero-order valence-electron chi connectivity index (χ0n) is 10.8. The van der Waals surface area contributed by atoms with Crippen LogP contribution < -0.4 is 0 Å². The number of aryl methyl sites for hydroxylation is 1. The van der Waals surface area contributed by atoms with Gasteiger partial charge in [0.2, 0.25) is 5.89 Å². The van der Waals surface area contributed by atoms with E-state index in [1.54, 1.807) is 12.4 Å². The Balaban J connectivity index is 1.71. The third-order valence-electron chi connectivity index (χ3n) is 3.47. The summed E-state index contributed by atoms with van der Waals surface area (Å²) in [4.78, 5) is 6.32. The topological polar surface area (TPSA) is 91.1 Å². The minimum Gasteiger partial charge on any atom is -0.445 e. The third-order valence-corrected chi connectivity index (χ3v) is 3.47. The van der Waals surface area contributed by atoms with Crippen molar-refractivity contribution >= 4 is 0 Å². The van der Waals surface area contributed by atoms with Crippen molar-refractivity contribution < 1.29 is 9.52 Å². The van der Waals surface area contributed by atoms with Crippen LogP contribution in [0.4, 0.5) is 0 Å². The van der Waals surface area contributed by atoms with E-state index in [0.29, 0.717) is 31.1 Å². The second-order valence-electron chi connectivity index (χ2n) is 5.07. The van der Waals surface area contributed by atoms with Crippen molar-refractivity contribution in [3.8, 4) is 0 Å². The first-order valence-corrected chi connectivity index (χ1v) is 6.38. The van der Waals surface area contributed by atoms with Crippen LogP contribution in [0.25, 0.3) is 0 Å². The molecule has 1 aliphatic rings. The summed E-state index contributed by atoms with van der Waals surface area (Å²) in [6.07, 6.45) is 4.89. The highest BCUT2D eigenvalue weighted by molar-refractivity contribution is 5.09. The Morgan fingerprint density at radius 1 is 1.53 bits per heavy atom. The van der Waals surface area contributed by atoms with Crippen molar-refractivity contribution in [3.63, 3.8) is 0 Å². The maximum atomic E-state index is 10.7. The number of β-amino-alcohol motifs (C(OH)–C–C–N with tert-alkyl or cyclic N) is 1. The van der Waals surface area contributed by atoms with E-state index < -0.39 is 5.60 Å². The van der Waals surface area contributed by atoms with E-state index in [0.717, 1.165) is 18.7 Å². The number of oxazole rings is 1. The fourth-order valence-electron chi connectivity index (χ4n) is 2.56. The van der Waals surface area contributed by atoms with Crippen LogP contribution in [-0.2, 0) is 12.1 Å². The summed E-state index contributed by atoms with van der Waals surface area (Å²) in [6, 6.07) is 0. The molecule has 1 fully saturated rings. The van der Waals surface area contributed by atoms with Gasteiger partial charge in [0.05, 0.1) is 18.9 Å². The van der Waals surface area contributed by atoms with Gasteiger partial charge in [-0.2, -0.15) is 15.4 Å². The molecule has 1 unspecified atom stereocenters.